The average Bonchev–Trinajstić information content (AvgIpc) is 2.62. The minimum atomic E-state index is 0.0791. The van der Waals surface area contributed by atoms with E-state index in [2.05, 4.69) is 27.5 Å². The number of nitrogens with one attached hydrogen (secondary N) is 2. The summed E-state index contributed by atoms with van der Waals surface area (Å²) in [5, 5.41) is 6.37. The Morgan fingerprint density at radius 1 is 1.28 bits per heavy atom. The zero-order valence-corrected chi connectivity index (χ0v) is 11.5. The van der Waals surface area contributed by atoms with E-state index in [4.69, 9.17) is 0 Å². The largest absolute Gasteiger partial charge is 0.355 e. The van der Waals surface area contributed by atoms with Crippen molar-refractivity contribution in [3.05, 3.63) is 0 Å². The van der Waals surface area contributed by atoms with E-state index in [9.17, 15) is 4.79 Å². The molecular weight excluding hydrogens is 228 g/mol. The zero-order valence-electron chi connectivity index (χ0n) is 11.5. The second-order valence-electron chi connectivity index (χ2n) is 5.37. The van der Waals surface area contributed by atoms with E-state index >= 15 is 0 Å². The molecule has 2 aliphatic rings. The van der Waals surface area contributed by atoms with E-state index in [0.29, 0.717) is 0 Å². The number of carbonyl (C=O) groups is 1. The SMILES string of the molecule is CN(CCN1CCNCC1)C1CCCCNC1=O. The third-order valence-corrected chi connectivity index (χ3v) is 4.02. The van der Waals surface area contributed by atoms with Gasteiger partial charge in [0.15, 0.2) is 0 Å². The van der Waals surface area contributed by atoms with E-state index in [-0.39, 0.29) is 11.9 Å². The lowest BCUT2D eigenvalue weighted by molar-refractivity contribution is -0.125. The molecule has 0 aromatic carbocycles. The van der Waals surface area contributed by atoms with Crippen molar-refractivity contribution in [2.75, 3.05) is 52.9 Å². The molecule has 104 valence electrons. The van der Waals surface area contributed by atoms with E-state index in [0.717, 1.165) is 65.1 Å². The molecular formula is C13H26N4O. The predicted octanol–water partition coefficient (Wildman–Crippen LogP) is -0.508. The summed E-state index contributed by atoms with van der Waals surface area (Å²) in [4.78, 5) is 16.6. The number of carbonyl (C=O) groups excluding carboxylic acids is 1. The average molecular weight is 254 g/mol. The van der Waals surface area contributed by atoms with Gasteiger partial charge in [0.25, 0.3) is 0 Å². The van der Waals surface area contributed by atoms with Crippen LogP contribution in [-0.4, -0.2) is 74.6 Å². The van der Waals surface area contributed by atoms with Gasteiger partial charge in [-0.15, -0.1) is 0 Å². The van der Waals surface area contributed by atoms with Crippen molar-refractivity contribution in [2.45, 2.75) is 25.3 Å². The van der Waals surface area contributed by atoms with Crippen LogP contribution in [-0.2, 0) is 4.79 Å². The first kappa shape index (κ1) is 13.8. The molecule has 5 nitrogen and oxygen atoms in total. The van der Waals surface area contributed by atoms with Crippen molar-refractivity contribution in [1.29, 1.82) is 0 Å². The number of likely N-dealkylation sites (N-methyl/N-ethyl adjacent to an activating group) is 1. The molecule has 18 heavy (non-hydrogen) atoms. The zero-order chi connectivity index (χ0) is 12.8. The fraction of sp³-hybridized carbons (Fsp3) is 0.923. The van der Waals surface area contributed by atoms with E-state index in [1.54, 1.807) is 0 Å². The maximum atomic E-state index is 11.9. The minimum absolute atomic E-state index is 0.0791. The molecule has 0 aliphatic carbocycles. The Balaban J connectivity index is 1.75. The van der Waals surface area contributed by atoms with Crippen molar-refractivity contribution < 1.29 is 4.79 Å². The predicted molar refractivity (Wildman–Crippen MR) is 72.6 cm³/mol. The van der Waals surface area contributed by atoms with E-state index < -0.39 is 0 Å². The standard InChI is InChI=1S/C13H26N4O/c1-16(10-11-17-8-6-14-7-9-17)12-4-2-3-5-15-13(12)18/h12,14H,2-11H2,1H3,(H,15,18). The molecule has 2 N–H and O–H groups in total. The molecule has 2 heterocycles. The quantitative estimate of drug-likeness (QED) is 0.709. The van der Waals surface area contributed by atoms with Crippen LogP contribution < -0.4 is 10.6 Å². The number of nitrogens with zero attached hydrogens (tertiary/aromatic N) is 2. The maximum absolute atomic E-state index is 11.9. The van der Waals surface area contributed by atoms with E-state index in [1.165, 1.54) is 0 Å². The molecule has 2 rings (SSSR count). The van der Waals surface area contributed by atoms with Gasteiger partial charge in [0.1, 0.15) is 0 Å². The normalized spacial score (nSPS) is 27.0. The number of rotatable bonds is 4. The number of hydrogen-bond acceptors (Lipinski definition) is 4. The smallest absolute Gasteiger partial charge is 0.237 e. The van der Waals surface area contributed by atoms with Crippen molar-refractivity contribution in [1.82, 2.24) is 20.4 Å². The second-order valence-corrected chi connectivity index (χ2v) is 5.37. The lowest BCUT2D eigenvalue weighted by Gasteiger charge is -2.31. The molecule has 0 bridgehead atoms. The maximum Gasteiger partial charge on any atom is 0.237 e. The highest BCUT2D eigenvalue weighted by Crippen LogP contribution is 2.11. The third kappa shape index (κ3) is 3.93. The van der Waals surface area contributed by atoms with Crippen molar-refractivity contribution in [3.63, 3.8) is 0 Å². The lowest BCUT2D eigenvalue weighted by Crippen LogP contribution is -2.49. The van der Waals surface area contributed by atoms with Crippen LogP contribution in [0.5, 0.6) is 0 Å². The van der Waals surface area contributed by atoms with Crippen molar-refractivity contribution >= 4 is 5.91 Å². The Labute approximate surface area is 110 Å². The number of piperazine rings is 1. The molecule has 0 aromatic rings. The topological polar surface area (TPSA) is 47.6 Å². The Morgan fingerprint density at radius 3 is 2.83 bits per heavy atom. The van der Waals surface area contributed by atoms with Crippen LogP contribution >= 0.6 is 0 Å². The molecule has 0 spiro atoms. The second kappa shape index (κ2) is 7.07. The Kier molecular flexibility index (Phi) is 5.41. The van der Waals surface area contributed by atoms with Gasteiger partial charge >= 0.3 is 0 Å². The van der Waals surface area contributed by atoms with Gasteiger partial charge in [0, 0.05) is 45.8 Å². The van der Waals surface area contributed by atoms with Crippen LogP contribution in [0.4, 0.5) is 0 Å². The van der Waals surface area contributed by atoms with Crippen LogP contribution in [0.2, 0.25) is 0 Å². The Bertz CT molecular complexity index is 266. The Morgan fingerprint density at radius 2 is 2.06 bits per heavy atom. The molecule has 1 unspecified atom stereocenters. The van der Waals surface area contributed by atoms with E-state index in [1.807, 2.05) is 0 Å². The molecule has 2 saturated heterocycles. The first-order valence-corrected chi connectivity index (χ1v) is 7.18. The molecule has 1 atom stereocenters. The number of amides is 1. The van der Waals surface area contributed by atoms with Crippen molar-refractivity contribution in [3.8, 4) is 0 Å². The number of hydrogen-bond donors (Lipinski definition) is 2. The molecule has 5 heteroatoms. The third-order valence-electron chi connectivity index (χ3n) is 4.02. The van der Waals surface area contributed by atoms with Gasteiger partial charge in [-0.3, -0.25) is 14.6 Å². The summed E-state index contributed by atoms with van der Waals surface area (Å²) in [5.41, 5.74) is 0. The van der Waals surface area contributed by atoms with Gasteiger partial charge in [-0.05, 0) is 26.3 Å². The Hall–Kier alpha value is -0.650. The van der Waals surface area contributed by atoms with Crippen LogP contribution in [0.25, 0.3) is 0 Å². The monoisotopic (exact) mass is 254 g/mol. The summed E-state index contributed by atoms with van der Waals surface area (Å²) < 4.78 is 0. The minimum Gasteiger partial charge on any atom is -0.355 e. The van der Waals surface area contributed by atoms with Gasteiger partial charge in [-0.25, -0.2) is 0 Å². The summed E-state index contributed by atoms with van der Waals surface area (Å²) in [6.07, 6.45) is 3.28. The summed E-state index contributed by atoms with van der Waals surface area (Å²) in [5.74, 6) is 0.218. The molecule has 0 saturated carbocycles. The van der Waals surface area contributed by atoms with Crippen LogP contribution in [0, 0.1) is 0 Å². The molecule has 2 aliphatic heterocycles. The van der Waals surface area contributed by atoms with Gasteiger partial charge in [-0.1, -0.05) is 0 Å². The van der Waals surface area contributed by atoms with Crippen LogP contribution in [0.3, 0.4) is 0 Å². The van der Waals surface area contributed by atoms with Gasteiger partial charge in [-0.2, -0.15) is 0 Å². The summed E-state index contributed by atoms with van der Waals surface area (Å²) in [6.45, 7) is 7.34. The fourth-order valence-corrected chi connectivity index (χ4v) is 2.73. The van der Waals surface area contributed by atoms with Gasteiger partial charge in [0.2, 0.25) is 5.91 Å². The summed E-state index contributed by atoms with van der Waals surface area (Å²) >= 11 is 0. The molecule has 0 radical (unpaired) electrons. The van der Waals surface area contributed by atoms with Gasteiger partial charge < -0.3 is 10.6 Å². The van der Waals surface area contributed by atoms with Crippen LogP contribution in [0.15, 0.2) is 0 Å². The fourth-order valence-electron chi connectivity index (χ4n) is 2.73. The highest BCUT2D eigenvalue weighted by atomic mass is 16.2. The molecule has 1 amide bonds. The summed E-state index contributed by atoms with van der Waals surface area (Å²) in [7, 11) is 2.08. The first-order chi connectivity index (χ1) is 8.77. The lowest BCUT2D eigenvalue weighted by atomic mass is 10.1. The molecule has 2 fully saturated rings. The van der Waals surface area contributed by atoms with Gasteiger partial charge in [0.05, 0.1) is 6.04 Å². The van der Waals surface area contributed by atoms with Crippen LogP contribution in [0.1, 0.15) is 19.3 Å². The highest BCUT2D eigenvalue weighted by molar-refractivity contribution is 5.81. The summed E-state index contributed by atoms with van der Waals surface area (Å²) in [6, 6.07) is 0.0791. The molecule has 0 aromatic heterocycles. The van der Waals surface area contributed by atoms with Crippen molar-refractivity contribution in [2.24, 2.45) is 0 Å². The highest BCUT2D eigenvalue weighted by Gasteiger charge is 2.24. The first-order valence-electron chi connectivity index (χ1n) is 7.18.